The summed E-state index contributed by atoms with van der Waals surface area (Å²) in [7, 11) is 2.95. The van der Waals surface area contributed by atoms with E-state index in [9.17, 15) is 29.1 Å². The number of hydrogen-bond donors (Lipinski definition) is 3. The number of nitrogens with zero attached hydrogens (tertiary/aromatic N) is 4. The number of thioether (sulfide) groups is 2. The van der Waals surface area contributed by atoms with Crippen LogP contribution in [-0.2, 0) is 31.0 Å². The molecule has 2 aromatic heterocycles. The Kier molecular flexibility index (Phi) is 8.44. The smallest absolute Gasteiger partial charge is 0.352 e. The van der Waals surface area contributed by atoms with Crippen LogP contribution in [0.25, 0.3) is 5.57 Å². The molecular formula is C21H19ClN6O7S3. The number of aliphatic carboxylic acids is 1. The van der Waals surface area contributed by atoms with Crippen LogP contribution in [0.1, 0.15) is 5.69 Å². The summed E-state index contributed by atoms with van der Waals surface area (Å²) in [5, 5.41) is 20.3. The van der Waals surface area contributed by atoms with E-state index in [-0.39, 0.29) is 38.8 Å². The van der Waals surface area contributed by atoms with Crippen LogP contribution in [-0.4, -0.2) is 79.0 Å². The van der Waals surface area contributed by atoms with Gasteiger partial charge in [0.05, 0.1) is 24.1 Å². The number of methoxy groups -OCH3 is 1. The number of halogens is 1. The Labute approximate surface area is 232 Å². The van der Waals surface area contributed by atoms with Crippen molar-refractivity contribution in [3.05, 3.63) is 50.0 Å². The predicted molar refractivity (Wildman–Crippen MR) is 142 cm³/mol. The minimum atomic E-state index is -1.27. The van der Waals surface area contributed by atoms with Crippen LogP contribution in [0.15, 0.2) is 38.8 Å². The Morgan fingerprint density at radius 2 is 2.16 bits per heavy atom. The Morgan fingerprint density at radius 1 is 1.39 bits per heavy atom. The van der Waals surface area contributed by atoms with Crippen LogP contribution < -0.4 is 16.1 Å². The molecule has 38 heavy (non-hydrogen) atoms. The first kappa shape index (κ1) is 27.7. The molecule has 2 unspecified atom stereocenters. The Bertz CT molecular complexity index is 1440. The third-order valence-electron chi connectivity index (χ3n) is 5.39. The number of amides is 3. The van der Waals surface area contributed by atoms with Gasteiger partial charge >= 0.3 is 5.97 Å². The quantitative estimate of drug-likeness (QED) is 0.117. The monoisotopic (exact) mass is 598 g/mol. The van der Waals surface area contributed by atoms with Gasteiger partial charge in [-0.2, -0.15) is 5.10 Å². The summed E-state index contributed by atoms with van der Waals surface area (Å²) in [5.41, 5.74) is 0.144. The molecule has 0 bridgehead atoms. The van der Waals surface area contributed by atoms with Crippen molar-refractivity contribution in [3.8, 4) is 0 Å². The van der Waals surface area contributed by atoms with E-state index < -0.39 is 34.6 Å². The molecule has 2 aromatic rings. The maximum atomic E-state index is 13.0. The zero-order valence-corrected chi connectivity index (χ0v) is 22.9. The molecule has 1 fully saturated rings. The number of hydrogen-bond acceptors (Lipinski definition) is 11. The highest BCUT2D eigenvalue weighted by molar-refractivity contribution is 8.01. The van der Waals surface area contributed by atoms with Gasteiger partial charge in [-0.15, -0.1) is 34.9 Å². The molecule has 200 valence electrons. The zero-order chi connectivity index (χ0) is 27.6. The van der Waals surface area contributed by atoms with Gasteiger partial charge in [0.2, 0.25) is 11.8 Å². The summed E-state index contributed by atoms with van der Waals surface area (Å²) in [4.78, 5) is 66.0. The second-order valence-corrected chi connectivity index (χ2v) is 11.1. The van der Waals surface area contributed by atoms with Gasteiger partial charge in [-0.25, -0.2) is 9.78 Å². The van der Waals surface area contributed by atoms with Crippen molar-refractivity contribution in [1.82, 2.24) is 25.0 Å². The number of aryl methyl sites for hydroxylation is 1. The number of carboxylic acids is 1. The van der Waals surface area contributed by atoms with Gasteiger partial charge in [-0.1, -0.05) is 11.6 Å². The molecule has 0 spiro atoms. The average molecular weight is 599 g/mol. The maximum Gasteiger partial charge on any atom is 0.352 e. The van der Waals surface area contributed by atoms with Crippen molar-refractivity contribution in [2.24, 2.45) is 7.05 Å². The average Bonchev–Trinajstić information content (AvgIpc) is 3.34. The lowest BCUT2D eigenvalue weighted by Crippen LogP contribution is -2.70. The molecule has 0 saturated carbocycles. The number of fused-ring (bicyclic) bond motifs is 1. The van der Waals surface area contributed by atoms with Gasteiger partial charge in [0.25, 0.3) is 11.8 Å². The summed E-state index contributed by atoms with van der Waals surface area (Å²) in [6, 6.07) is 0.342. The van der Waals surface area contributed by atoms with Crippen molar-refractivity contribution < 1.29 is 29.0 Å². The second-order valence-electron chi connectivity index (χ2n) is 7.74. The predicted octanol–water partition coefficient (Wildman–Crippen LogP) is 0.977. The van der Waals surface area contributed by atoms with Crippen molar-refractivity contribution in [2.45, 2.75) is 16.4 Å². The van der Waals surface area contributed by atoms with E-state index in [0.29, 0.717) is 17.0 Å². The summed E-state index contributed by atoms with van der Waals surface area (Å²) in [5.74, 6) is -2.01. The number of carbonyl (C=O) groups excluding carboxylic acids is 3. The molecule has 13 nitrogen and oxygen atoms in total. The Balaban J connectivity index is 1.50. The fraction of sp³-hybridized carbons (Fsp3) is 0.286. The lowest BCUT2D eigenvalue weighted by atomic mass is 10.0. The fourth-order valence-electron chi connectivity index (χ4n) is 3.67. The number of aromatic nitrogens is 3. The highest BCUT2D eigenvalue weighted by atomic mass is 35.5. The largest absolute Gasteiger partial charge is 0.503 e. The van der Waals surface area contributed by atoms with Gasteiger partial charge in [0, 0.05) is 30.0 Å². The molecule has 2 aliphatic heterocycles. The topological polar surface area (TPSA) is 173 Å². The summed E-state index contributed by atoms with van der Waals surface area (Å²) >= 11 is 9.35. The van der Waals surface area contributed by atoms with E-state index >= 15 is 0 Å². The van der Waals surface area contributed by atoms with Crippen LogP contribution in [0.2, 0.25) is 5.15 Å². The molecule has 2 atom stereocenters. The number of carbonyl (C=O) groups is 4. The summed E-state index contributed by atoms with van der Waals surface area (Å²) in [6.07, 6.45) is 1.62. The van der Waals surface area contributed by atoms with Crippen molar-refractivity contribution >= 4 is 81.4 Å². The van der Waals surface area contributed by atoms with Gasteiger partial charge in [-0.05, 0) is 5.57 Å². The summed E-state index contributed by atoms with van der Waals surface area (Å²) < 4.78 is 6.41. The number of thiazole rings is 1. The standard InChI is InChI=1S/C21H19ClN6O7S3/c1-27-13(3-12(30)16(22)26-27)36-5-9-6-37-19-14(18(32)28(19)15(9)20(33)34)25-17(31)10(4-35-2)11-7-38-21(24-11)23-8-29/h3-4,7-8,14,19H,5-6H2,1-2H3,(H,25,31)(H,33,34)(H,23,24,29). The molecule has 3 N–H and O–H groups in total. The summed E-state index contributed by atoms with van der Waals surface area (Å²) in [6.45, 7) is 0. The number of rotatable bonds is 10. The fourth-order valence-corrected chi connectivity index (χ4v) is 6.96. The highest BCUT2D eigenvalue weighted by Crippen LogP contribution is 2.41. The van der Waals surface area contributed by atoms with E-state index in [1.807, 2.05) is 0 Å². The van der Waals surface area contributed by atoms with Crippen molar-refractivity contribution in [2.75, 3.05) is 23.9 Å². The number of ether oxygens (including phenoxy) is 1. The van der Waals surface area contributed by atoms with Gasteiger partial charge in [-0.3, -0.25) is 28.8 Å². The van der Waals surface area contributed by atoms with Crippen LogP contribution in [0.5, 0.6) is 0 Å². The van der Waals surface area contributed by atoms with E-state index in [1.54, 1.807) is 12.4 Å². The molecule has 1 saturated heterocycles. The second kappa shape index (κ2) is 11.6. The van der Waals surface area contributed by atoms with Crippen molar-refractivity contribution in [1.29, 1.82) is 0 Å². The molecule has 3 amide bonds. The first-order valence-electron chi connectivity index (χ1n) is 10.6. The first-order valence-corrected chi connectivity index (χ1v) is 13.9. The van der Waals surface area contributed by atoms with Crippen LogP contribution in [0.4, 0.5) is 5.13 Å². The van der Waals surface area contributed by atoms with Crippen molar-refractivity contribution in [3.63, 3.8) is 0 Å². The van der Waals surface area contributed by atoms with Crippen LogP contribution in [0, 0.1) is 0 Å². The van der Waals surface area contributed by atoms with E-state index in [4.69, 9.17) is 16.3 Å². The molecular weight excluding hydrogens is 580 g/mol. The first-order chi connectivity index (χ1) is 18.2. The zero-order valence-electron chi connectivity index (χ0n) is 19.7. The van der Waals surface area contributed by atoms with E-state index in [1.165, 1.54) is 47.6 Å². The molecule has 2 aliphatic rings. The van der Waals surface area contributed by atoms with Crippen LogP contribution in [0.3, 0.4) is 0 Å². The van der Waals surface area contributed by atoms with E-state index in [0.717, 1.165) is 16.2 Å². The Morgan fingerprint density at radius 3 is 2.84 bits per heavy atom. The third kappa shape index (κ3) is 5.43. The van der Waals surface area contributed by atoms with Gasteiger partial charge < -0.3 is 20.5 Å². The molecule has 4 rings (SSSR count). The SMILES string of the molecule is COC=C(C(=O)NC1C(=O)N2C(C(=O)O)=C(CSc3cc(=O)c(Cl)nn3C)CSC12)c1csc(NC=O)n1. The lowest BCUT2D eigenvalue weighted by Gasteiger charge is -2.49. The molecule has 4 heterocycles. The van der Waals surface area contributed by atoms with E-state index in [2.05, 4.69) is 20.7 Å². The number of β-lactam (4-membered cyclic amide) rings is 1. The van der Waals surface area contributed by atoms with Gasteiger partial charge in [0.15, 0.2) is 10.3 Å². The number of carboxylic acid groups (broad SMARTS) is 1. The minimum absolute atomic E-state index is 0.0306. The highest BCUT2D eigenvalue weighted by Gasteiger charge is 2.54. The lowest BCUT2D eigenvalue weighted by molar-refractivity contribution is -0.150. The molecule has 0 radical (unpaired) electrons. The third-order valence-corrected chi connectivity index (χ3v) is 8.93. The molecule has 17 heteroatoms. The molecule has 0 aromatic carbocycles. The maximum absolute atomic E-state index is 13.0. The minimum Gasteiger partial charge on any atom is -0.503 e. The number of anilines is 1. The molecule has 0 aliphatic carbocycles. The Hall–Kier alpha value is -3.34. The van der Waals surface area contributed by atoms with Gasteiger partial charge in [0.1, 0.15) is 22.7 Å². The normalized spacial score (nSPS) is 19.0. The number of nitrogens with one attached hydrogen (secondary N) is 2. The van der Waals surface area contributed by atoms with Crippen LogP contribution >= 0.6 is 46.5 Å².